The Labute approximate surface area is 230 Å². The molecule has 4 aromatic rings. The van der Waals surface area contributed by atoms with Crippen LogP contribution < -0.4 is 10.1 Å². The second kappa shape index (κ2) is 14.1. The number of hydrogen-bond acceptors (Lipinski definition) is 5. The first-order valence-electron chi connectivity index (χ1n) is 13.3. The number of carbonyl (C=O) groups is 1. The molecule has 1 amide bonds. The zero-order valence-corrected chi connectivity index (χ0v) is 22.2. The summed E-state index contributed by atoms with van der Waals surface area (Å²) in [7, 11) is 0. The molecule has 0 heterocycles. The van der Waals surface area contributed by atoms with Crippen molar-refractivity contribution in [3.05, 3.63) is 125 Å². The third-order valence-electron chi connectivity index (χ3n) is 6.89. The molecule has 4 aromatic carbocycles. The maximum Gasteiger partial charge on any atom is 0.211 e. The van der Waals surface area contributed by atoms with Gasteiger partial charge in [0.1, 0.15) is 18.1 Å². The number of aliphatic hydroxyl groups is 1. The lowest BCUT2D eigenvalue weighted by atomic mass is 10.0. The molecule has 0 saturated heterocycles. The summed E-state index contributed by atoms with van der Waals surface area (Å²) in [6, 6.07) is 33.0. The molecule has 0 saturated carbocycles. The number of carbonyl (C=O) groups excluding carboxylic acids is 1. The van der Waals surface area contributed by atoms with Crippen LogP contribution in [0, 0.1) is 0 Å². The van der Waals surface area contributed by atoms with E-state index >= 15 is 0 Å². The Morgan fingerprint density at radius 3 is 2.21 bits per heavy atom. The third kappa shape index (κ3) is 8.43. The first-order chi connectivity index (χ1) is 19.0. The number of nitrogens with zero attached hydrogens (tertiary/aromatic N) is 1. The largest absolute Gasteiger partial charge is 0.508 e. The van der Waals surface area contributed by atoms with Crippen LogP contribution >= 0.6 is 0 Å². The minimum atomic E-state index is -0.764. The number of phenols is 1. The van der Waals surface area contributed by atoms with Gasteiger partial charge in [0.15, 0.2) is 0 Å². The van der Waals surface area contributed by atoms with Gasteiger partial charge in [-0.05, 0) is 66.3 Å². The number of amides is 1. The van der Waals surface area contributed by atoms with Crippen molar-refractivity contribution in [2.24, 2.45) is 0 Å². The first-order valence-corrected chi connectivity index (χ1v) is 13.3. The molecule has 2 unspecified atom stereocenters. The second-order valence-corrected chi connectivity index (χ2v) is 9.78. The predicted octanol–water partition coefficient (Wildman–Crippen LogP) is 6.10. The van der Waals surface area contributed by atoms with Crippen LogP contribution in [0.3, 0.4) is 0 Å². The van der Waals surface area contributed by atoms with Gasteiger partial charge >= 0.3 is 0 Å². The lowest BCUT2D eigenvalue weighted by molar-refractivity contribution is -0.105. The summed E-state index contributed by atoms with van der Waals surface area (Å²) < 4.78 is 5.96. The fourth-order valence-electron chi connectivity index (χ4n) is 4.56. The van der Waals surface area contributed by atoms with Gasteiger partial charge in [0, 0.05) is 19.1 Å². The number of nitrogens with one attached hydrogen (secondary N) is 1. The smallest absolute Gasteiger partial charge is 0.211 e. The summed E-state index contributed by atoms with van der Waals surface area (Å²) in [5.74, 6) is 0.811. The van der Waals surface area contributed by atoms with E-state index in [4.69, 9.17) is 4.74 Å². The molecular formula is C33H36N2O4. The van der Waals surface area contributed by atoms with Crippen LogP contribution in [0.1, 0.15) is 41.7 Å². The molecule has 3 N–H and O–H groups in total. The van der Waals surface area contributed by atoms with Gasteiger partial charge < -0.3 is 20.3 Å². The summed E-state index contributed by atoms with van der Waals surface area (Å²) in [4.78, 5) is 13.6. The average molecular weight is 525 g/mol. The molecular weight excluding hydrogens is 488 g/mol. The summed E-state index contributed by atoms with van der Waals surface area (Å²) in [6.45, 7) is 3.68. The number of rotatable bonds is 14. The van der Waals surface area contributed by atoms with Crippen molar-refractivity contribution in [3.63, 3.8) is 0 Å². The molecule has 0 aliphatic rings. The fourth-order valence-corrected chi connectivity index (χ4v) is 4.56. The van der Waals surface area contributed by atoms with E-state index in [1.54, 1.807) is 24.3 Å². The van der Waals surface area contributed by atoms with Crippen molar-refractivity contribution in [2.45, 2.75) is 45.1 Å². The van der Waals surface area contributed by atoms with Gasteiger partial charge in [0.05, 0.1) is 11.8 Å². The van der Waals surface area contributed by atoms with E-state index in [0.29, 0.717) is 43.1 Å². The highest BCUT2D eigenvalue weighted by Crippen LogP contribution is 2.30. The number of benzene rings is 4. The molecule has 0 aliphatic heterocycles. The maximum absolute atomic E-state index is 11.3. The Morgan fingerprint density at radius 1 is 0.872 bits per heavy atom. The van der Waals surface area contributed by atoms with Crippen molar-refractivity contribution in [2.75, 3.05) is 11.9 Å². The van der Waals surface area contributed by atoms with Crippen LogP contribution in [0.15, 0.2) is 103 Å². The Balaban J connectivity index is 1.47. The molecule has 0 spiro atoms. The van der Waals surface area contributed by atoms with Crippen LogP contribution in [0.4, 0.5) is 5.69 Å². The molecule has 0 fully saturated rings. The molecule has 0 aliphatic carbocycles. The van der Waals surface area contributed by atoms with E-state index in [9.17, 15) is 15.0 Å². The van der Waals surface area contributed by atoms with Gasteiger partial charge in [-0.1, -0.05) is 78.9 Å². The predicted molar refractivity (Wildman–Crippen MR) is 155 cm³/mol. The number of aryl methyl sites for hydroxylation is 1. The van der Waals surface area contributed by atoms with Gasteiger partial charge in [-0.15, -0.1) is 0 Å². The van der Waals surface area contributed by atoms with Crippen molar-refractivity contribution in [1.29, 1.82) is 0 Å². The Hall–Kier alpha value is -4.13. The fraction of sp³-hybridized carbons (Fsp3) is 0.242. The summed E-state index contributed by atoms with van der Waals surface area (Å²) in [5.41, 5.74) is 4.59. The standard InChI is InChI=1S/C33H36N2O4/c1-25(12-13-26-14-17-30(37)18-15-26)35(21-27-8-4-2-5-9-27)22-32(38)29-16-19-33(31(20-29)34-24-36)39-23-28-10-6-3-7-11-28/h2-11,14-20,24-25,32,37-38H,12-13,21-23H2,1H3,(H,34,36). The average Bonchev–Trinajstić information content (AvgIpc) is 2.97. The van der Waals surface area contributed by atoms with E-state index in [2.05, 4.69) is 29.3 Å². The highest BCUT2D eigenvalue weighted by Gasteiger charge is 2.20. The summed E-state index contributed by atoms with van der Waals surface area (Å²) >= 11 is 0. The summed E-state index contributed by atoms with van der Waals surface area (Å²) in [5, 5.41) is 23.6. The summed E-state index contributed by atoms with van der Waals surface area (Å²) in [6.07, 6.45) is 1.62. The van der Waals surface area contributed by atoms with Gasteiger partial charge in [-0.3, -0.25) is 9.69 Å². The van der Waals surface area contributed by atoms with E-state index in [1.165, 1.54) is 5.56 Å². The zero-order valence-electron chi connectivity index (χ0n) is 22.2. The van der Waals surface area contributed by atoms with Crippen molar-refractivity contribution >= 4 is 12.1 Å². The maximum atomic E-state index is 11.3. The van der Waals surface area contributed by atoms with Crippen molar-refractivity contribution < 1.29 is 19.7 Å². The number of hydrogen-bond donors (Lipinski definition) is 3. The number of aliphatic hydroxyl groups excluding tert-OH is 1. The van der Waals surface area contributed by atoms with Gasteiger partial charge in [0.25, 0.3) is 0 Å². The molecule has 4 rings (SSSR count). The molecule has 202 valence electrons. The Morgan fingerprint density at radius 2 is 1.54 bits per heavy atom. The molecule has 0 bridgehead atoms. The first kappa shape index (κ1) is 27.9. The quantitative estimate of drug-likeness (QED) is 0.174. The lowest BCUT2D eigenvalue weighted by Gasteiger charge is -2.31. The van der Waals surface area contributed by atoms with Gasteiger partial charge in [-0.2, -0.15) is 0 Å². The van der Waals surface area contributed by atoms with Crippen LogP contribution in [0.25, 0.3) is 0 Å². The third-order valence-corrected chi connectivity index (χ3v) is 6.89. The van der Waals surface area contributed by atoms with E-state index in [-0.39, 0.29) is 11.8 Å². The Kier molecular flexibility index (Phi) is 10.1. The molecule has 0 radical (unpaired) electrons. The number of aromatic hydroxyl groups is 1. The SMILES string of the molecule is CC(CCc1ccc(O)cc1)N(Cc1ccccc1)CC(O)c1ccc(OCc2ccccc2)c(NC=O)c1. The lowest BCUT2D eigenvalue weighted by Crippen LogP contribution is -2.36. The zero-order chi connectivity index (χ0) is 27.5. The van der Waals surface area contributed by atoms with Gasteiger partial charge in [0.2, 0.25) is 6.41 Å². The highest BCUT2D eigenvalue weighted by atomic mass is 16.5. The molecule has 6 nitrogen and oxygen atoms in total. The van der Waals surface area contributed by atoms with Crippen LogP contribution in [0.5, 0.6) is 11.5 Å². The number of ether oxygens (including phenoxy) is 1. The van der Waals surface area contributed by atoms with Crippen LogP contribution in [-0.4, -0.2) is 34.1 Å². The minimum absolute atomic E-state index is 0.190. The van der Waals surface area contributed by atoms with Crippen molar-refractivity contribution in [3.8, 4) is 11.5 Å². The molecule has 39 heavy (non-hydrogen) atoms. The van der Waals surface area contributed by atoms with E-state index in [1.807, 2.05) is 66.7 Å². The monoisotopic (exact) mass is 524 g/mol. The Bertz CT molecular complexity index is 1300. The van der Waals surface area contributed by atoms with Crippen LogP contribution in [-0.2, 0) is 24.4 Å². The topological polar surface area (TPSA) is 82.0 Å². The number of phenolic OH excluding ortho intramolecular Hbond substituents is 1. The molecule has 2 atom stereocenters. The van der Waals surface area contributed by atoms with Gasteiger partial charge in [-0.25, -0.2) is 0 Å². The second-order valence-electron chi connectivity index (χ2n) is 9.78. The van der Waals surface area contributed by atoms with Crippen LogP contribution in [0.2, 0.25) is 0 Å². The highest BCUT2D eigenvalue weighted by molar-refractivity contribution is 5.76. The van der Waals surface area contributed by atoms with E-state index < -0.39 is 6.10 Å². The molecule has 6 heteroatoms. The van der Waals surface area contributed by atoms with Crippen molar-refractivity contribution in [1.82, 2.24) is 4.90 Å². The molecule has 0 aromatic heterocycles. The minimum Gasteiger partial charge on any atom is -0.508 e. The van der Waals surface area contributed by atoms with E-state index in [0.717, 1.165) is 24.0 Å². The normalized spacial score (nSPS) is 12.6. The number of anilines is 1.